The maximum absolute atomic E-state index is 5.57. The summed E-state index contributed by atoms with van der Waals surface area (Å²) in [5.74, 6) is 0.495. The Hall–Kier alpha value is -0.820. The first-order valence-corrected chi connectivity index (χ1v) is 4.01. The number of hydrogen-bond acceptors (Lipinski definition) is 1. The van der Waals surface area contributed by atoms with E-state index in [1.54, 1.807) is 0 Å². The van der Waals surface area contributed by atoms with E-state index in [0.29, 0.717) is 5.88 Å². The zero-order valence-corrected chi connectivity index (χ0v) is 7.17. The minimum absolute atomic E-state index is 0.495. The number of rotatable bonds is 2. The molecule has 0 fully saturated rings. The van der Waals surface area contributed by atoms with Gasteiger partial charge < -0.3 is 0 Å². The summed E-state index contributed by atoms with van der Waals surface area (Å²) in [6, 6.07) is 9.79. The average Bonchev–Trinajstić information content (AvgIpc) is 2.06. The van der Waals surface area contributed by atoms with Gasteiger partial charge in [0.1, 0.15) is 0 Å². The van der Waals surface area contributed by atoms with Crippen LogP contribution in [0.15, 0.2) is 35.3 Å². The summed E-state index contributed by atoms with van der Waals surface area (Å²) in [6.07, 6.45) is 0. The Morgan fingerprint density at radius 1 is 1.36 bits per heavy atom. The number of alkyl halides is 1. The SMILES string of the molecule is CC(CCl)=Nc1ccccc1. The monoisotopic (exact) mass is 167 g/mol. The van der Waals surface area contributed by atoms with E-state index in [2.05, 4.69) is 4.99 Å². The molecular formula is C9H10ClN. The first-order valence-electron chi connectivity index (χ1n) is 3.48. The highest BCUT2D eigenvalue weighted by Gasteiger charge is 1.87. The lowest BCUT2D eigenvalue weighted by molar-refractivity contribution is 1.48. The zero-order chi connectivity index (χ0) is 8.10. The van der Waals surface area contributed by atoms with Crippen LogP contribution >= 0.6 is 11.6 Å². The molecule has 58 valence electrons. The maximum atomic E-state index is 5.57. The number of benzene rings is 1. The number of nitrogens with zero attached hydrogens (tertiary/aromatic N) is 1. The van der Waals surface area contributed by atoms with Gasteiger partial charge in [-0.25, -0.2) is 0 Å². The van der Waals surface area contributed by atoms with Crippen LogP contribution in [0.2, 0.25) is 0 Å². The fourth-order valence-corrected chi connectivity index (χ4v) is 0.813. The van der Waals surface area contributed by atoms with Crippen molar-refractivity contribution in [3.8, 4) is 0 Å². The standard InChI is InChI=1S/C9H10ClN/c1-8(7-10)11-9-5-3-2-4-6-9/h2-6H,7H2,1H3. The lowest BCUT2D eigenvalue weighted by Gasteiger charge is -1.93. The molecule has 0 radical (unpaired) electrons. The quantitative estimate of drug-likeness (QED) is 0.474. The third kappa shape index (κ3) is 2.72. The summed E-state index contributed by atoms with van der Waals surface area (Å²) in [6.45, 7) is 1.92. The molecule has 0 aromatic heterocycles. The van der Waals surface area contributed by atoms with Crippen molar-refractivity contribution in [2.75, 3.05) is 5.88 Å². The van der Waals surface area contributed by atoms with Crippen LogP contribution in [0, 0.1) is 0 Å². The smallest absolute Gasteiger partial charge is 0.0629 e. The molecule has 0 atom stereocenters. The molecule has 0 unspecified atom stereocenters. The van der Waals surface area contributed by atoms with Crippen LogP contribution in [0.5, 0.6) is 0 Å². The van der Waals surface area contributed by atoms with E-state index in [9.17, 15) is 0 Å². The maximum Gasteiger partial charge on any atom is 0.0629 e. The second kappa shape index (κ2) is 4.14. The summed E-state index contributed by atoms with van der Waals surface area (Å²) >= 11 is 5.57. The molecule has 0 saturated carbocycles. The van der Waals surface area contributed by atoms with Gasteiger partial charge in [-0.15, -0.1) is 11.6 Å². The van der Waals surface area contributed by atoms with Crippen molar-refractivity contribution in [1.29, 1.82) is 0 Å². The van der Waals surface area contributed by atoms with Crippen molar-refractivity contribution < 1.29 is 0 Å². The van der Waals surface area contributed by atoms with E-state index in [1.807, 2.05) is 37.3 Å². The molecule has 0 aliphatic heterocycles. The zero-order valence-electron chi connectivity index (χ0n) is 6.42. The van der Waals surface area contributed by atoms with Crippen molar-refractivity contribution in [3.63, 3.8) is 0 Å². The summed E-state index contributed by atoms with van der Waals surface area (Å²) in [4.78, 5) is 4.26. The third-order valence-electron chi connectivity index (χ3n) is 1.27. The molecule has 1 nitrogen and oxygen atoms in total. The van der Waals surface area contributed by atoms with Crippen LogP contribution in [0.1, 0.15) is 6.92 Å². The number of para-hydroxylation sites is 1. The molecule has 0 aliphatic carbocycles. The molecule has 0 amide bonds. The fourth-order valence-electron chi connectivity index (χ4n) is 0.753. The summed E-state index contributed by atoms with van der Waals surface area (Å²) in [7, 11) is 0. The summed E-state index contributed by atoms with van der Waals surface area (Å²) < 4.78 is 0. The summed E-state index contributed by atoms with van der Waals surface area (Å²) in [5, 5.41) is 0. The minimum Gasteiger partial charge on any atom is -0.257 e. The molecule has 1 aromatic rings. The molecule has 0 heterocycles. The molecule has 0 bridgehead atoms. The van der Waals surface area contributed by atoms with E-state index in [1.165, 1.54) is 0 Å². The van der Waals surface area contributed by atoms with E-state index >= 15 is 0 Å². The highest BCUT2D eigenvalue weighted by Crippen LogP contribution is 2.09. The topological polar surface area (TPSA) is 12.4 Å². The average molecular weight is 168 g/mol. The first kappa shape index (κ1) is 8.28. The van der Waals surface area contributed by atoms with Gasteiger partial charge in [0.2, 0.25) is 0 Å². The highest BCUT2D eigenvalue weighted by molar-refractivity contribution is 6.28. The Balaban J connectivity index is 2.79. The lowest BCUT2D eigenvalue weighted by Crippen LogP contribution is -1.89. The Labute approximate surface area is 71.7 Å². The second-order valence-corrected chi connectivity index (χ2v) is 2.58. The van der Waals surface area contributed by atoms with Gasteiger partial charge in [-0.2, -0.15) is 0 Å². The van der Waals surface area contributed by atoms with E-state index in [0.717, 1.165) is 11.4 Å². The van der Waals surface area contributed by atoms with Crippen molar-refractivity contribution in [2.45, 2.75) is 6.92 Å². The van der Waals surface area contributed by atoms with Gasteiger partial charge in [0.15, 0.2) is 0 Å². The van der Waals surface area contributed by atoms with Crippen molar-refractivity contribution in [3.05, 3.63) is 30.3 Å². The molecule has 0 saturated heterocycles. The van der Waals surface area contributed by atoms with E-state index < -0.39 is 0 Å². The number of halogens is 1. The molecule has 1 rings (SSSR count). The van der Waals surface area contributed by atoms with Crippen LogP contribution in [-0.2, 0) is 0 Å². The Morgan fingerprint density at radius 3 is 2.55 bits per heavy atom. The van der Waals surface area contributed by atoms with Crippen molar-refractivity contribution in [2.24, 2.45) is 4.99 Å². The van der Waals surface area contributed by atoms with Gasteiger partial charge in [-0.05, 0) is 19.1 Å². The Bertz CT molecular complexity index is 241. The van der Waals surface area contributed by atoms with Crippen LogP contribution < -0.4 is 0 Å². The normalized spacial score (nSPS) is 11.6. The molecule has 2 heteroatoms. The first-order chi connectivity index (χ1) is 5.33. The van der Waals surface area contributed by atoms with Crippen molar-refractivity contribution in [1.82, 2.24) is 0 Å². The fraction of sp³-hybridized carbons (Fsp3) is 0.222. The largest absolute Gasteiger partial charge is 0.257 e. The molecular weight excluding hydrogens is 158 g/mol. The molecule has 0 N–H and O–H groups in total. The predicted molar refractivity (Wildman–Crippen MR) is 49.9 cm³/mol. The molecule has 11 heavy (non-hydrogen) atoms. The van der Waals surface area contributed by atoms with Gasteiger partial charge in [0.05, 0.1) is 11.6 Å². The van der Waals surface area contributed by atoms with Crippen LogP contribution in [0.25, 0.3) is 0 Å². The van der Waals surface area contributed by atoms with Gasteiger partial charge in [-0.1, -0.05) is 18.2 Å². The second-order valence-electron chi connectivity index (χ2n) is 2.32. The molecule has 0 spiro atoms. The minimum atomic E-state index is 0.495. The third-order valence-corrected chi connectivity index (χ3v) is 1.66. The van der Waals surface area contributed by atoms with Gasteiger partial charge >= 0.3 is 0 Å². The van der Waals surface area contributed by atoms with Crippen LogP contribution in [0.3, 0.4) is 0 Å². The number of hydrogen-bond donors (Lipinski definition) is 0. The Morgan fingerprint density at radius 2 is 2.00 bits per heavy atom. The van der Waals surface area contributed by atoms with Gasteiger partial charge in [0.25, 0.3) is 0 Å². The molecule has 1 aromatic carbocycles. The van der Waals surface area contributed by atoms with Gasteiger partial charge in [0, 0.05) is 5.71 Å². The Kier molecular flexibility index (Phi) is 3.12. The molecule has 0 aliphatic rings. The number of aliphatic imine (C=N–C) groups is 1. The van der Waals surface area contributed by atoms with Crippen LogP contribution in [0.4, 0.5) is 5.69 Å². The van der Waals surface area contributed by atoms with Crippen LogP contribution in [-0.4, -0.2) is 11.6 Å². The van der Waals surface area contributed by atoms with Crippen molar-refractivity contribution >= 4 is 23.0 Å². The summed E-state index contributed by atoms with van der Waals surface area (Å²) in [5.41, 5.74) is 1.91. The lowest BCUT2D eigenvalue weighted by atomic mass is 10.3. The van der Waals surface area contributed by atoms with E-state index in [4.69, 9.17) is 11.6 Å². The van der Waals surface area contributed by atoms with E-state index in [-0.39, 0.29) is 0 Å². The highest BCUT2D eigenvalue weighted by atomic mass is 35.5. The predicted octanol–water partition coefficient (Wildman–Crippen LogP) is 3.02. The van der Waals surface area contributed by atoms with Gasteiger partial charge in [-0.3, -0.25) is 4.99 Å².